The third kappa shape index (κ3) is 2.74. The van der Waals surface area contributed by atoms with Gasteiger partial charge in [-0.05, 0) is 36.9 Å². The van der Waals surface area contributed by atoms with Crippen LogP contribution in [0.2, 0.25) is 0 Å². The second-order valence-electron chi connectivity index (χ2n) is 5.18. The summed E-state index contributed by atoms with van der Waals surface area (Å²) in [6.45, 7) is 4.09. The van der Waals surface area contributed by atoms with E-state index in [0.29, 0.717) is 0 Å². The molecule has 0 saturated carbocycles. The average Bonchev–Trinajstić information content (AvgIpc) is 2.96. The summed E-state index contributed by atoms with van der Waals surface area (Å²) in [6, 6.07) is 10.9. The van der Waals surface area contributed by atoms with Crippen molar-refractivity contribution in [2.45, 2.75) is 13.0 Å². The van der Waals surface area contributed by atoms with Gasteiger partial charge in [-0.3, -0.25) is 0 Å². The molecular formula is C15H19NOS. The van der Waals surface area contributed by atoms with Crippen LogP contribution >= 0.6 is 11.3 Å². The van der Waals surface area contributed by atoms with Gasteiger partial charge in [0.05, 0.1) is 6.61 Å². The molecule has 0 amide bonds. The van der Waals surface area contributed by atoms with E-state index in [0.717, 1.165) is 32.2 Å². The summed E-state index contributed by atoms with van der Waals surface area (Å²) in [5.74, 6) is 0.726. The molecule has 0 N–H and O–H groups in total. The first-order valence-corrected chi connectivity index (χ1v) is 7.36. The van der Waals surface area contributed by atoms with Crippen LogP contribution < -0.4 is 0 Å². The molecule has 1 atom stereocenters. The average molecular weight is 261 g/mol. The van der Waals surface area contributed by atoms with E-state index in [1.54, 1.807) is 0 Å². The van der Waals surface area contributed by atoms with Gasteiger partial charge in [-0.2, -0.15) is 0 Å². The van der Waals surface area contributed by atoms with Gasteiger partial charge in [-0.1, -0.05) is 18.2 Å². The van der Waals surface area contributed by atoms with Gasteiger partial charge in [-0.25, -0.2) is 0 Å². The van der Waals surface area contributed by atoms with Crippen LogP contribution in [0.3, 0.4) is 0 Å². The summed E-state index contributed by atoms with van der Waals surface area (Å²) in [6.07, 6.45) is 1.22. The van der Waals surface area contributed by atoms with Gasteiger partial charge in [-0.15, -0.1) is 11.3 Å². The Hall–Kier alpha value is -0.900. The SMILES string of the molecule is CN(Cc1cc2ccccc2s1)C[C@H]1CCOC1. The molecule has 3 rings (SSSR count). The van der Waals surface area contributed by atoms with Crippen molar-refractivity contribution in [3.8, 4) is 0 Å². The molecule has 2 heterocycles. The molecular weight excluding hydrogens is 242 g/mol. The number of hydrogen-bond donors (Lipinski definition) is 0. The van der Waals surface area contributed by atoms with Crippen LogP contribution in [-0.2, 0) is 11.3 Å². The van der Waals surface area contributed by atoms with E-state index in [4.69, 9.17) is 4.74 Å². The van der Waals surface area contributed by atoms with Crippen LogP contribution in [0.4, 0.5) is 0 Å². The second-order valence-corrected chi connectivity index (χ2v) is 6.35. The third-order valence-corrected chi connectivity index (χ3v) is 4.60. The van der Waals surface area contributed by atoms with E-state index in [9.17, 15) is 0 Å². The highest BCUT2D eigenvalue weighted by Crippen LogP contribution is 2.26. The molecule has 1 aromatic carbocycles. The number of ether oxygens (including phenoxy) is 1. The summed E-state index contributed by atoms with van der Waals surface area (Å²) >= 11 is 1.91. The first-order valence-electron chi connectivity index (χ1n) is 6.55. The smallest absolute Gasteiger partial charge is 0.0507 e. The molecule has 18 heavy (non-hydrogen) atoms. The molecule has 1 aliphatic rings. The Morgan fingerprint density at radius 2 is 2.28 bits per heavy atom. The quantitative estimate of drug-likeness (QED) is 0.836. The molecule has 1 aliphatic heterocycles. The molecule has 1 aromatic heterocycles. The standard InChI is InChI=1S/C15H19NOS/c1-16(9-12-6-7-17-11-12)10-14-8-13-4-2-3-5-15(13)18-14/h2-5,8,12H,6-7,9-11H2,1H3/t12-/m1/s1. The minimum Gasteiger partial charge on any atom is -0.381 e. The minimum atomic E-state index is 0.726. The van der Waals surface area contributed by atoms with Crippen molar-refractivity contribution in [1.29, 1.82) is 0 Å². The van der Waals surface area contributed by atoms with E-state index in [-0.39, 0.29) is 0 Å². The predicted molar refractivity (Wildman–Crippen MR) is 77.1 cm³/mol. The lowest BCUT2D eigenvalue weighted by molar-refractivity contribution is 0.173. The Bertz CT molecular complexity index is 483. The summed E-state index contributed by atoms with van der Waals surface area (Å²) in [4.78, 5) is 3.88. The number of fused-ring (bicyclic) bond motifs is 1. The highest BCUT2D eigenvalue weighted by atomic mass is 32.1. The second kappa shape index (κ2) is 5.39. The van der Waals surface area contributed by atoms with Crippen LogP contribution in [0.25, 0.3) is 10.1 Å². The van der Waals surface area contributed by atoms with Crippen LogP contribution in [0, 0.1) is 5.92 Å². The topological polar surface area (TPSA) is 12.5 Å². The first kappa shape index (κ1) is 12.2. The van der Waals surface area contributed by atoms with Gasteiger partial charge < -0.3 is 9.64 Å². The summed E-state index contributed by atoms with van der Waals surface area (Å²) in [5.41, 5.74) is 0. The molecule has 0 spiro atoms. The lowest BCUT2D eigenvalue weighted by Gasteiger charge is -2.18. The number of benzene rings is 1. The monoisotopic (exact) mass is 261 g/mol. The fourth-order valence-electron chi connectivity index (χ4n) is 2.61. The Labute approximate surface area is 112 Å². The molecule has 2 nitrogen and oxygen atoms in total. The van der Waals surface area contributed by atoms with Crippen LogP contribution in [-0.4, -0.2) is 31.7 Å². The molecule has 0 unspecified atom stereocenters. The van der Waals surface area contributed by atoms with E-state index in [1.807, 2.05) is 11.3 Å². The predicted octanol–water partition coefficient (Wildman–Crippen LogP) is 3.37. The van der Waals surface area contributed by atoms with E-state index < -0.39 is 0 Å². The van der Waals surface area contributed by atoms with Gasteiger partial charge in [0.2, 0.25) is 0 Å². The fraction of sp³-hybridized carbons (Fsp3) is 0.467. The van der Waals surface area contributed by atoms with E-state index >= 15 is 0 Å². The fourth-order valence-corrected chi connectivity index (χ4v) is 3.76. The van der Waals surface area contributed by atoms with Gasteiger partial charge in [0.15, 0.2) is 0 Å². The summed E-state index contributed by atoms with van der Waals surface area (Å²) in [5, 5.41) is 1.37. The molecule has 1 fully saturated rings. The lowest BCUT2D eigenvalue weighted by atomic mass is 10.1. The van der Waals surface area contributed by atoms with Crippen molar-refractivity contribution >= 4 is 21.4 Å². The minimum absolute atomic E-state index is 0.726. The van der Waals surface area contributed by atoms with Gasteiger partial charge >= 0.3 is 0 Å². The van der Waals surface area contributed by atoms with Crippen molar-refractivity contribution in [2.24, 2.45) is 5.92 Å². The Morgan fingerprint density at radius 1 is 1.39 bits per heavy atom. The van der Waals surface area contributed by atoms with Crippen molar-refractivity contribution < 1.29 is 4.74 Å². The molecule has 3 heteroatoms. The maximum atomic E-state index is 5.43. The molecule has 96 valence electrons. The number of rotatable bonds is 4. The van der Waals surface area contributed by atoms with Crippen LogP contribution in [0.5, 0.6) is 0 Å². The Morgan fingerprint density at radius 3 is 3.06 bits per heavy atom. The van der Waals surface area contributed by atoms with Crippen LogP contribution in [0.15, 0.2) is 30.3 Å². The van der Waals surface area contributed by atoms with Gasteiger partial charge in [0, 0.05) is 29.3 Å². The summed E-state index contributed by atoms with van der Waals surface area (Å²) < 4.78 is 6.83. The zero-order valence-corrected chi connectivity index (χ0v) is 11.6. The van der Waals surface area contributed by atoms with Crippen LogP contribution in [0.1, 0.15) is 11.3 Å². The molecule has 0 radical (unpaired) electrons. The highest BCUT2D eigenvalue weighted by Gasteiger charge is 2.17. The van der Waals surface area contributed by atoms with Crippen molar-refractivity contribution in [3.05, 3.63) is 35.2 Å². The maximum Gasteiger partial charge on any atom is 0.0507 e. The Balaban J connectivity index is 1.64. The molecule has 0 aliphatic carbocycles. The number of hydrogen-bond acceptors (Lipinski definition) is 3. The molecule has 2 aromatic rings. The van der Waals surface area contributed by atoms with Gasteiger partial charge in [0.25, 0.3) is 0 Å². The number of thiophene rings is 1. The van der Waals surface area contributed by atoms with E-state index in [1.165, 1.54) is 21.4 Å². The third-order valence-electron chi connectivity index (χ3n) is 3.50. The lowest BCUT2D eigenvalue weighted by Crippen LogP contribution is -2.25. The van der Waals surface area contributed by atoms with Crippen molar-refractivity contribution in [3.63, 3.8) is 0 Å². The van der Waals surface area contributed by atoms with E-state index in [2.05, 4.69) is 42.3 Å². The highest BCUT2D eigenvalue weighted by molar-refractivity contribution is 7.19. The zero-order chi connectivity index (χ0) is 12.4. The summed E-state index contributed by atoms with van der Waals surface area (Å²) in [7, 11) is 2.21. The van der Waals surface area contributed by atoms with Crippen molar-refractivity contribution in [2.75, 3.05) is 26.8 Å². The van der Waals surface area contributed by atoms with Crippen molar-refractivity contribution in [1.82, 2.24) is 4.90 Å². The normalized spacial score (nSPS) is 20.0. The first-order chi connectivity index (χ1) is 8.81. The Kier molecular flexibility index (Phi) is 3.64. The maximum absolute atomic E-state index is 5.43. The molecule has 1 saturated heterocycles. The zero-order valence-electron chi connectivity index (χ0n) is 10.8. The largest absolute Gasteiger partial charge is 0.381 e. The number of nitrogens with zero attached hydrogens (tertiary/aromatic N) is 1. The molecule has 0 bridgehead atoms. The van der Waals surface area contributed by atoms with Gasteiger partial charge in [0.1, 0.15) is 0 Å².